The Hall–Kier alpha value is -4.13. The van der Waals surface area contributed by atoms with E-state index in [4.69, 9.17) is 4.74 Å². The molecule has 4 aromatic rings. The fourth-order valence-corrected chi connectivity index (χ4v) is 4.40. The quantitative estimate of drug-likeness (QED) is 0.482. The maximum absolute atomic E-state index is 13.4. The molecule has 0 aliphatic carbocycles. The molecule has 1 N–H and O–H groups in total. The number of hydrogen-bond donors (Lipinski definition) is 1. The Morgan fingerprint density at radius 2 is 1.79 bits per heavy atom. The summed E-state index contributed by atoms with van der Waals surface area (Å²) in [5.74, 6) is 0.644. The van der Waals surface area contributed by atoms with Crippen molar-refractivity contribution < 1.29 is 13.9 Å². The third kappa shape index (κ3) is 3.90. The molecule has 0 fully saturated rings. The number of carbonyl (C=O) groups excluding carboxylic acids is 1. The second kappa shape index (κ2) is 8.67. The average molecular weight is 455 g/mol. The Morgan fingerprint density at radius 3 is 2.53 bits per heavy atom. The first kappa shape index (κ1) is 21.7. The van der Waals surface area contributed by atoms with Crippen LogP contribution in [0.5, 0.6) is 5.75 Å². The Morgan fingerprint density at radius 1 is 1.03 bits per heavy atom. The summed E-state index contributed by atoms with van der Waals surface area (Å²) >= 11 is 0. The van der Waals surface area contributed by atoms with Crippen molar-refractivity contribution in [3.05, 3.63) is 107 Å². The van der Waals surface area contributed by atoms with E-state index in [-0.39, 0.29) is 5.91 Å². The number of amides is 1. The minimum absolute atomic E-state index is 0.314. The first-order chi connectivity index (χ1) is 16.5. The number of ether oxygens (including phenoxy) is 1. The molecule has 0 saturated carbocycles. The van der Waals surface area contributed by atoms with Crippen molar-refractivity contribution >= 4 is 5.91 Å². The number of nitrogens with one attached hydrogen (secondary N) is 1. The van der Waals surface area contributed by atoms with Gasteiger partial charge < -0.3 is 10.1 Å². The summed E-state index contributed by atoms with van der Waals surface area (Å²) < 4.78 is 19.3. The van der Waals surface area contributed by atoms with Gasteiger partial charge in [0, 0.05) is 35.6 Å². The summed E-state index contributed by atoms with van der Waals surface area (Å²) in [6.45, 7) is 4.24. The lowest BCUT2D eigenvalue weighted by molar-refractivity contribution is 0.0883. The smallest absolute Gasteiger partial charge is 0.252 e. The summed E-state index contributed by atoms with van der Waals surface area (Å²) in [6, 6.07) is 17.1. The van der Waals surface area contributed by atoms with E-state index in [2.05, 4.69) is 20.3 Å². The Labute approximate surface area is 196 Å². The van der Waals surface area contributed by atoms with Gasteiger partial charge in [0.15, 0.2) is 0 Å². The molecule has 1 amide bonds. The van der Waals surface area contributed by atoms with Gasteiger partial charge in [-0.2, -0.15) is 0 Å². The number of nitrogens with zero attached hydrogens (tertiary/aromatic N) is 3. The lowest BCUT2D eigenvalue weighted by Gasteiger charge is -2.39. The number of pyridine rings is 1. The van der Waals surface area contributed by atoms with Gasteiger partial charge in [-0.3, -0.25) is 9.78 Å². The Kier molecular flexibility index (Phi) is 5.53. The van der Waals surface area contributed by atoms with Gasteiger partial charge in [0.1, 0.15) is 28.6 Å². The number of carbonyl (C=O) groups is 1. The molecule has 170 valence electrons. The molecular formula is C27H23FN4O2. The molecule has 0 spiro atoms. The van der Waals surface area contributed by atoms with Crippen LogP contribution in [0.2, 0.25) is 0 Å². The highest BCUT2D eigenvalue weighted by Gasteiger charge is 2.42. The van der Waals surface area contributed by atoms with Crippen LogP contribution in [0.25, 0.3) is 11.1 Å². The molecule has 0 bridgehead atoms. The predicted molar refractivity (Wildman–Crippen MR) is 126 cm³/mol. The third-order valence-electron chi connectivity index (χ3n) is 6.13. The lowest BCUT2D eigenvalue weighted by Crippen LogP contribution is -2.50. The molecule has 5 rings (SSSR count). The van der Waals surface area contributed by atoms with Gasteiger partial charge in [-0.1, -0.05) is 24.3 Å². The van der Waals surface area contributed by atoms with Crippen LogP contribution in [0.3, 0.4) is 0 Å². The molecule has 34 heavy (non-hydrogen) atoms. The summed E-state index contributed by atoms with van der Waals surface area (Å²) in [4.78, 5) is 26.6. The van der Waals surface area contributed by atoms with Crippen molar-refractivity contribution in [2.45, 2.75) is 25.8 Å². The van der Waals surface area contributed by atoms with Crippen LogP contribution >= 0.6 is 0 Å². The van der Waals surface area contributed by atoms with Gasteiger partial charge in [0.2, 0.25) is 0 Å². The molecule has 0 radical (unpaired) electrons. The van der Waals surface area contributed by atoms with E-state index in [1.54, 1.807) is 12.3 Å². The maximum Gasteiger partial charge on any atom is 0.252 e. The average Bonchev–Trinajstić information content (AvgIpc) is 2.85. The van der Waals surface area contributed by atoms with Gasteiger partial charge in [0.25, 0.3) is 5.91 Å². The molecule has 0 unspecified atom stereocenters. The van der Waals surface area contributed by atoms with Crippen LogP contribution in [-0.2, 0) is 5.54 Å². The lowest BCUT2D eigenvalue weighted by atomic mass is 9.80. The van der Waals surface area contributed by atoms with E-state index < -0.39 is 11.4 Å². The van der Waals surface area contributed by atoms with Crippen LogP contribution in [0, 0.1) is 19.7 Å². The van der Waals surface area contributed by atoms with E-state index in [0.29, 0.717) is 30.0 Å². The predicted octanol–water partition coefficient (Wildman–Crippen LogP) is 4.75. The van der Waals surface area contributed by atoms with Gasteiger partial charge >= 0.3 is 0 Å². The number of aromatic nitrogens is 3. The second-order valence-corrected chi connectivity index (χ2v) is 8.31. The van der Waals surface area contributed by atoms with Crippen LogP contribution in [-0.4, -0.2) is 27.5 Å². The van der Waals surface area contributed by atoms with E-state index in [9.17, 15) is 9.18 Å². The summed E-state index contributed by atoms with van der Waals surface area (Å²) in [7, 11) is 0. The maximum atomic E-state index is 13.4. The molecular weight excluding hydrogens is 431 g/mol. The molecule has 7 heteroatoms. The third-order valence-corrected chi connectivity index (χ3v) is 6.13. The molecule has 1 aliphatic rings. The Balaban J connectivity index is 1.58. The van der Waals surface area contributed by atoms with Crippen molar-refractivity contribution in [2.24, 2.45) is 0 Å². The van der Waals surface area contributed by atoms with E-state index in [0.717, 1.165) is 28.2 Å². The van der Waals surface area contributed by atoms with Crippen molar-refractivity contribution in [2.75, 3.05) is 6.61 Å². The van der Waals surface area contributed by atoms with E-state index in [1.165, 1.54) is 24.3 Å². The minimum Gasteiger partial charge on any atom is -0.491 e. The number of fused-ring (bicyclic) bond motifs is 1. The summed E-state index contributed by atoms with van der Waals surface area (Å²) in [6.07, 6.45) is 4.01. The SMILES string of the molecule is Cc1ncc(-c2ccc([C@@]3(NC(=O)c4ccc(F)cc4)CCOc4cccnc43)cc2)c(C)n1. The second-order valence-electron chi connectivity index (χ2n) is 8.31. The number of aryl methyl sites for hydroxylation is 2. The normalized spacial score (nSPS) is 16.9. The summed E-state index contributed by atoms with van der Waals surface area (Å²) in [5.41, 5.74) is 3.81. The van der Waals surface area contributed by atoms with Gasteiger partial charge in [-0.15, -0.1) is 0 Å². The van der Waals surface area contributed by atoms with Crippen LogP contribution in [0.15, 0.2) is 73.1 Å². The van der Waals surface area contributed by atoms with Gasteiger partial charge in [-0.05, 0) is 61.4 Å². The van der Waals surface area contributed by atoms with Gasteiger partial charge in [-0.25, -0.2) is 14.4 Å². The molecule has 1 atom stereocenters. The Bertz CT molecular complexity index is 1360. The molecule has 6 nitrogen and oxygen atoms in total. The first-order valence-electron chi connectivity index (χ1n) is 11.0. The zero-order valence-electron chi connectivity index (χ0n) is 18.9. The number of halogens is 1. The highest BCUT2D eigenvalue weighted by Crippen LogP contribution is 2.41. The van der Waals surface area contributed by atoms with Crippen molar-refractivity contribution in [1.29, 1.82) is 0 Å². The number of rotatable bonds is 4. The van der Waals surface area contributed by atoms with Gasteiger partial charge in [0.05, 0.1) is 6.61 Å². The van der Waals surface area contributed by atoms with E-state index in [1.807, 2.05) is 50.4 Å². The molecule has 0 saturated heterocycles. The zero-order chi connectivity index (χ0) is 23.7. The fraction of sp³-hybridized carbons (Fsp3) is 0.185. The molecule has 2 aromatic carbocycles. The first-order valence-corrected chi connectivity index (χ1v) is 11.0. The number of hydrogen-bond acceptors (Lipinski definition) is 5. The van der Waals surface area contributed by atoms with Crippen molar-refractivity contribution in [1.82, 2.24) is 20.3 Å². The van der Waals surface area contributed by atoms with Crippen LogP contribution < -0.4 is 10.1 Å². The topological polar surface area (TPSA) is 77.0 Å². The molecule has 2 aromatic heterocycles. The number of benzene rings is 2. The van der Waals surface area contributed by atoms with Crippen LogP contribution in [0.4, 0.5) is 4.39 Å². The standard InChI is InChI=1S/C27H23FN4O2/c1-17-23(16-30-18(2)31-17)19-5-9-21(10-6-19)27(13-15-34-24-4-3-14-29-25(24)27)32-26(33)20-7-11-22(28)12-8-20/h3-12,14,16H,13,15H2,1-2H3,(H,32,33)/t27-/m0/s1. The fourth-order valence-electron chi connectivity index (χ4n) is 4.40. The molecule has 1 aliphatic heterocycles. The van der Waals surface area contributed by atoms with Crippen molar-refractivity contribution in [3.8, 4) is 16.9 Å². The highest BCUT2D eigenvalue weighted by molar-refractivity contribution is 5.95. The monoisotopic (exact) mass is 454 g/mol. The zero-order valence-corrected chi connectivity index (χ0v) is 18.9. The largest absolute Gasteiger partial charge is 0.491 e. The highest BCUT2D eigenvalue weighted by atomic mass is 19.1. The van der Waals surface area contributed by atoms with E-state index >= 15 is 0 Å². The van der Waals surface area contributed by atoms with Crippen molar-refractivity contribution in [3.63, 3.8) is 0 Å². The summed E-state index contributed by atoms with van der Waals surface area (Å²) in [5, 5.41) is 3.19. The van der Waals surface area contributed by atoms with Crippen LogP contribution in [0.1, 0.15) is 39.6 Å². The minimum atomic E-state index is -0.905. The molecule has 3 heterocycles.